The predicted molar refractivity (Wildman–Crippen MR) is 68.8 cm³/mol. The van der Waals surface area contributed by atoms with Crippen molar-refractivity contribution < 1.29 is 4.74 Å². The van der Waals surface area contributed by atoms with Crippen molar-refractivity contribution >= 4 is 0 Å². The summed E-state index contributed by atoms with van der Waals surface area (Å²) in [5.74, 6) is 0.845. The molecule has 1 fully saturated rings. The van der Waals surface area contributed by atoms with Crippen LogP contribution in [0.5, 0.6) is 0 Å². The average Bonchev–Trinajstić information content (AvgIpc) is 2.72. The second-order valence-corrected chi connectivity index (χ2v) is 4.92. The number of nitrogens with zero attached hydrogens (tertiary/aromatic N) is 1. The summed E-state index contributed by atoms with van der Waals surface area (Å²) >= 11 is 0. The van der Waals surface area contributed by atoms with Gasteiger partial charge >= 0.3 is 0 Å². The van der Waals surface area contributed by atoms with Gasteiger partial charge < -0.3 is 15.0 Å². The third-order valence-electron chi connectivity index (χ3n) is 3.47. The second kappa shape index (κ2) is 8.04. The van der Waals surface area contributed by atoms with E-state index in [1.54, 1.807) is 7.11 Å². The molecule has 1 saturated heterocycles. The molecule has 1 aliphatic heterocycles. The van der Waals surface area contributed by atoms with Gasteiger partial charge in [-0.3, -0.25) is 0 Å². The molecule has 3 heteroatoms. The third kappa shape index (κ3) is 4.81. The first-order valence-electron chi connectivity index (χ1n) is 6.74. The average molecular weight is 228 g/mol. The molecule has 16 heavy (non-hydrogen) atoms. The molecule has 0 amide bonds. The molecule has 0 aromatic carbocycles. The summed E-state index contributed by atoms with van der Waals surface area (Å²) < 4.78 is 5.20. The summed E-state index contributed by atoms with van der Waals surface area (Å²) in [6, 6.07) is 0.533. The highest BCUT2D eigenvalue weighted by Crippen LogP contribution is 2.15. The molecule has 0 saturated carbocycles. The normalized spacial score (nSPS) is 23.8. The van der Waals surface area contributed by atoms with Gasteiger partial charge in [0, 0.05) is 19.7 Å². The minimum absolute atomic E-state index is 0.533. The van der Waals surface area contributed by atoms with Gasteiger partial charge in [-0.25, -0.2) is 0 Å². The molecule has 1 heterocycles. The molecule has 1 N–H and O–H groups in total. The fourth-order valence-electron chi connectivity index (χ4n) is 2.45. The number of nitrogens with one attached hydrogen (secondary N) is 1. The van der Waals surface area contributed by atoms with Crippen LogP contribution in [0.15, 0.2) is 0 Å². The highest BCUT2D eigenvalue weighted by atomic mass is 16.5. The Bertz CT molecular complexity index is 175. The molecule has 2 atom stereocenters. The zero-order valence-electron chi connectivity index (χ0n) is 11.2. The van der Waals surface area contributed by atoms with Gasteiger partial charge in [-0.2, -0.15) is 0 Å². The number of ether oxygens (including phenoxy) is 1. The Morgan fingerprint density at radius 3 is 2.88 bits per heavy atom. The lowest BCUT2D eigenvalue weighted by Gasteiger charge is -2.19. The Kier molecular flexibility index (Phi) is 7.01. The van der Waals surface area contributed by atoms with Gasteiger partial charge in [-0.1, -0.05) is 13.8 Å². The van der Waals surface area contributed by atoms with Crippen LogP contribution in [-0.4, -0.2) is 50.8 Å². The summed E-state index contributed by atoms with van der Waals surface area (Å²) in [7, 11) is 1.78. The van der Waals surface area contributed by atoms with Gasteiger partial charge in [0.25, 0.3) is 0 Å². The molecular weight excluding hydrogens is 200 g/mol. The maximum absolute atomic E-state index is 5.20. The molecule has 1 aliphatic rings. The largest absolute Gasteiger partial charge is 0.383 e. The van der Waals surface area contributed by atoms with Gasteiger partial charge in [0.05, 0.1) is 6.61 Å². The molecule has 96 valence electrons. The van der Waals surface area contributed by atoms with Crippen LogP contribution in [0.2, 0.25) is 0 Å². The topological polar surface area (TPSA) is 24.5 Å². The fraction of sp³-hybridized carbons (Fsp3) is 1.00. The summed E-state index contributed by atoms with van der Waals surface area (Å²) in [6.07, 6.45) is 3.79. The summed E-state index contributed by atoms with van der Waals surface area (Å²) in [5.41, 5.74) is 0. The minimum Gasteiger partial charge on any atom is -0.383 e. The van der Waals surface area contributed by atoms with E-state index in [0.29, 0.717) is 6.04 Å². The molecule has 0 spiro atoms. The SMILES string of the molecule is CCCN1CCC(CNC(CC)COC)C1. The first-order chi connectivity index (χ1) is 7.80. The van der Waals surface area contributed by atoms with E-state index in [2.05, 4.69) is 24.1 Å². The third-order valence-corrected chi connectivity index (χ3v) is 3.47. The van der Waals surface area contributed by atoms with Crippen molar-refractivity contribution in [1.82, 2.24) is 10.2 Å². The first kappa shape index (κ1) is 13.9. The van der Waals surface area contributed by atoms with E-state index >= 15 is 0 Å². The highest BCUT2D eigenvalue weighted by molar-refractivity contribution is 4.78. The Morgan fingerprint density at radius 2 is 2.25 bits per heavy atom. The predicted octanol–water partition coefficient (Wildman–Crippen LogP) is 1.73. The van der Waals surface area contributed by atoms with Crippen LogP contribution in [0.25, 0.3) is 0 Å². The monoisotopic (exact) mass is 228 g/mol. The highest BCUT2D eigenvalue weighted by Gasteiger charge is 2.21. The van der Waals surface area contributed by atoms with Gasteiger partial charge in [0.2, 0.25) is 0 Å². The summed E-state index contributed by atoms with van der Waals surface area (Å²) in [5, 5.41) is 3.62. The molecule has 0 aliphatic carbocycles. The zero-order valence-corrected chi connectivity index (χ0v) is 11.2. The van der Waals surface area contributed by atoms with Crippen LogP contribution in [0.1, 0.15) is 33.1 Å². The van der Waals surface area contributed by atoms with Crippen molar-refractivity contribution in [3.63, 3.8) is 0 Å². The molecule has 0 radical (unpaired) electrons. The molecule has 1 rings (SSSR count). The molecule has 3 nitrogen and oxygen atoms in total. The lowest BCUT2D eigenvalue weighted by Crippen LogP contribution is -2.37. The summed E-state index contributed by atoms with van der Waals surface area (Å²) in [4.78, 5) is 2.59. The lowest BCUT2D eigenvalue weighted by molar-refractivity contribution is 0.162. The Balaban J connectivity index is 2.13. The van der Waals surface area contributed by atoms with Gasteiger partial charge in [-0.15, -0.1) is 0 Å². The molecule has 0 aromatic heterocycles. The summed E-state index contributed by atoms with van der Waals surface area (Å²) in [6.45, 7) is 10.3. The van der Waals surface area contributed by atoms with Crippen LogP contribution in [0.4, 0.5) is 0 Å². The van der Waals surface area contributed by atoms with E-state index in [4.69, 9.17) is 4.74 Å². The maximum Gasteiger partial charge on any atom is 0.0615 e. The van der Waals surface area contributed by atoms with Crippen LogP contribution in [0, 0.1) is 5.92 Å². The van der Waals surface area contributed by atoms with E-state index in [0.717, 1.165) is 25.5 Å². The van der Waals surface area contributed by atoms with Crippen molar-refractivity contribution in [3.8, 4) is 0 Å². The van der Waals surface area contributed by atoms with Crippen molar-refractivity contribution in [1.29, 1.82) is 0 Å². The number of hydrogen-bond acceptors (Lipinski definition) is 3. The van der Waals surface area contributed by atoms with E-state index in [1.807, 2.05) is 0 Å². The van der Waals surface area contributed by atoms with Crippen molar-refractivity contribution in [2.75, 3.05) is 39.9 Å². The van der Waals surface area contributed by atoms with Gasteiger partial charge in [0.1, 0.15) is 0 Å². The van der Waals surface area contributed by atoms with Gasteiger partial charge in [-0.05, 0) is 44.8 Å². The molecule has 2 unspecified atom stereocenters. The van der Waals surface area contributed by atoms with E-state index in [-0.39, 0.29) is 0 Å². The van der Waals surface area contributed by atoms with Crippen LogP contribution in [0.3, 0.4) is 0 Å². The van der Waals surface area contributed by atoms with Crippen LogP contribution in [-0.2, 0) is 4.74 Å². The first-order valence-corrected chi connectivity index (χ1v) is 6.74. The smallest absolute Gasteiger partial charge is 0.0615 e. The van der Waals surface area contributed by atoms with E-state index < -0.39 is 0 Å². The maximum atomic E-state index is 5.20. The minimum atomic E-state index is 0.533. The lowest BCUT2D eigenvalue weighted by atomic mass is 10.1. The van der Waals surface area contributed by atoms with Crippen LogP contribution < -0.4 is 5.32 Å². The van der Waals surface area contributed by atoms with Crippen LogP contribution >= 0.6 is 0 Å². The number of methoxy groups -OCH3 is 1. The molecular formula is C13H28N2O. The quantitative estimate of drug-likeness (QED) is 0.685. The van der Waals surface area contributed by atoms with Crippen molar-refractivity contribution in [3.05, 3.63) is 0 Å². The van der Waals surface area contributed by atoms with Gasteiger partial charge in [0.15, 0.2) is 0 Å². The van der Waals surface area contributed by atoms with E-state index in [9.17, 15) is 0 Å². The molecule has 0 bridgehead atoms. The van der Waals surface area contributed by atoms with E-state index in [1.165, 1.54) is 32.5 Å². The number of likely N-dealkylation sites (tertiary alicyclic amines) is 1. The standard InChI is InChI=1S/C13H28N2O/c1-4-7-15-8-6-12(10-15)9-14-13(5-2)11-16-3/h12-14H,4-11H2,1-3H3. The Hall–Kier alpha value is -0.120. The van der Waals surface area contributed by atoms with Crippen molar-refractivity contribution in [2.24, 2.45) is 5.92 Å². The number of rotatable bonds is 8. The zero-order chi connectivity index (χ0) is 11.8. The second-order valence-electron chi connectivity index (χ2n) is 4.92. The molecule has 0 aromatic rings. The Labute approximate surface area is 101 Å². The van der Waals surface area contributed by atoms with Crippen molar-refractivity contribution in [2.45, 2.75) is 39.2 Å². The Morgan fingerprint density at radius 1 is 1.44 bits per heavy atom. The fourth-order valence-corrected chi connectivity index (χ4v) is 2.45. The number of hydrogen-bond donors (Lipinski definition) is 1.